The van der Waals surface area contributed by atoms with Crippen molar-refractivity contribution in [2.75, 3.05) is 26.1 Å². The standard InChI is InChI=1S/C17H17ClN2O5/c1-23-13-5-3-12(4-6-13)20-16(21)10-25-17-14(18)7-11(9-19-22)8-15(17)24-2/h3-9,22H,10H2,1-2H3,(H,20,21). The number of hydrogen-bond acceptors (Lipinski definition) is 6. The summed E-state index contributed by atoms with van der Waals surface area (Å²) in [7, 11) is 3.01. The van der Waals surface area contributed by atoms with Crippen molar-refractivity contribution in [2.45, 2.75) is 0 Å². The maximum Gasteiger partial charge on any atom is 0.262 e. The van der Waals surface area contributed by atoms with Gasteiger partial charge in [-0.05, 0) is 36.4 Å². The minimum Gasteiger partial charge on any atom is -0.497 e. The van der Waals surface area contributed by atoms with Crippen LogP contribution in [0.5, 0.6) is 17.2 Å². The molecule has 0 saturated heterocycles. The summed E-state index contributed by atoms with van der Waals surface area (Å²) in [4.78, 5) is 12.0. The Morgan fingerprint density at radius 1 is 1.24 bits per heavy atom. The summed E-state index contributed by atoms with van der Waals surface area (Å²) in [6.45, 7) is -0.254. The third kappa shape index (κ3) is 5.02. The van der Waals surface area contributed by atoms with Crippen LogP contribution in [0.4, 0.5) is 5.69 Å². The summed E-state index contributed by atoms with van der Waals surface area (Å²) in [6.07, 6.45) is 1.20. The smallest absolute Gasteiger partial charge is 0.262 e. The van der Waals surface area contributed by atoms with E-state index in [1.54, 1.807) is 37.4 Å². The number of rotatable bonds is 7. The fourth-order valence-corrected chi connectivity index (χ4v) is 2.30. The minimum atomic E-state index is -0.357. The Labute approximate surface area is 149 Å². The Bertz CT molecular complexity index is 762. The summed E-state index contributed by atoms with van der Waals surface area (Å²) in [5.74, 6) is 0.880. The van der Waals surface area contributed by atoms with Gasteiger partial charge in [0, 0.05) is 11.3 Å². The van der Waals surface area contributed by atoms with Gasteiger partial charge in [0.25, 0.3) is 5.91 Å². The second-order valence-corrected chi connectivity index (χ2v) is 5.25. The third-order valence-electron chi connectivity index (χ3n) is 3.18. The van der Waals surface area contributed by atoms with Crippen molar-refractivity contribution < 1.29 is 24.2 Å². The number of benzene rings is 2. The maximum absolute atomic E-state index is 12.0. The van der Waals surface area contributed by atoms with Crippen molar-refractivity contribution >= 4 is 29.4 Å². The van der Waals surface area contributed by atoms with E-state index in [4.69, 9.17) is 31.0 Å². The molecule has 8 heteroatoms. The average Bonchev–Trinajstić information content (AvgIpc) is 2.61. The summed E-state index contributed by atoms with van der Waals surface area (Å²) in [5, 5.41) is 14.4. The van der Waals surface area contributed by atoms with Gasteiger partial charge in [-0.1, -0.05) is 16.8 Å². The second-order valence-electron chi connectivity index (χ2n) is 4.84. The van der Waals surface area contributed by atoms with Gasteiger partial charge < -0.3 is 24.7 Å². The Kier molecular flexibility index (Phi) is 6.47. The molecule has 2 aromatic rings. The molecule has 25 heavy (non-hydrogen) atoms. The van der Waals surface area contributed by atoms with Crippen molar-refractivity contribution in [3.8, 4) is 17.2 Å². The zero-order valence-corrected chi connectivity index (χ0v) is 14.4. The van der Waals surface area contributed by atoms with Crippen molar-refractivity contribution in [2.24, 2.45) is 5.16 Å². The number of carbonyl (C=O) groups excluding carboxylic acids is 1. The van der Waals surface area contributed by atoms with Gasteiger partial charge in [0.1, 0.15) is 5.75 Å². The molecule has 7 nitrogen and oxygen atoms in total. The van der Waals surface area contributed by atoms with Crippen LogP contribution in [0.15, 0.2) is 41.6 Å². The first-order valence-electron chi connectivity index (χ1n) is 7.19. The largest absolute Gasteiger partial charge is 0.497 e. The first-order chi connectivity index (χ1) is 12.1. The van der Waals surface area contributed by atoms with Crippen LogP contribution in [0, 0.1) is 0 Å². The van der Waals surface area contributed by atoms with Crippen LogP contribution < -0.4 is 19.5 Å². The molecule has 2 aromatic carbocycles. The number of carbonyl (C=O) groups is 1. The van der Waals surface area contributed by atoms with Crippen molar-refractivity contribution in [1.29, 1.82) is 0 Å². The lowest BCUT2D eigenvalue weighted by atomic mass is 10.2. The Balaban J connectivity index is 2.03. The number of nitrogens with one attached hydrogen (secondary N) is 1. The number of anilines is 1. The summed E-state index contributed by atoms with van der Waals surface area (Å²) in [6, 6.07) is 10.00. The number of hydrogen-bond donors (Lipinski definition) is 2. The summed E-state index contributed by atoms with van der Waals surface area (Å²) < 4.78 is 15.7. The molecule has 0 fully saturated rings. The molecule has 132 valence electrons. The molecular formula is C17H17ClN2O5. The zero-order chi connectivity index (χ0) is 18.2. The van der Waals surface area contributed by atoms with E-state index in [-0.39, 0.29) is 23.3 Å². The van der Waals surface area contributed by atoms with Gasteiger partial charge in [0.15, 0.2) is 18.1 Å². The summed E-state index contributed by atoms with van der Waals surface area (Å²) >= 11 is 6.13. The summed E-state index contributed by atoms with van der Waals surface area (Å²) in [5.41, 5.74) is 1.14. The van der Waals surface area contributed by atoms with Crippen LogP contribution in [-0.4, -0.2) is 38.2 Å². The highest BCUT2D eigenvalue weighted by Gasteiger charge is 2.13. The van der Waals surface area contributed by atoms with E-state index in [0.29, 0.717) is 22.7 Å². The monoisotopic (exact) mass is 364 g/mol. The highest BCUT2D eigenvalue weighted by atomic mass is 35.5. The lowest BCUT2D eigenvalue weighted by Crippen LogP contribution is -2.20. The fraction of sp³-hybridized carbons (Fsp3) is 0.176. The Morgan fingerprint density at radius 3 is 2.56 bits per heavy atom. The predicted octanol–water partition coefficient (Wildman–Crippen LogP) is 3.18. The van der Waals surface area contributed by atoms with Gasteiger partial charge in [-0.25, -0.2) is 0 Å². The fourth-order valence-electron chi connectivity index (χ4n) is 2.03. The molecule has 0 spiro atoms. The van der Waals surface area contributed by atoms with Crippen molar-refractivity contribution in [3.63, 3.8) is 0 Å². The van der Waals surface area contributed by atoms with Crippen LogP contribution in [0.3, 0.4) is 0 Å². The molecule has 0 aliphatic heterocycles. The minimum absolute atomic E-state index is 0.226. The number of methoxy groups -OCH3 is 2. The van der Waals surface area contributed by atoms with Gasteiger partial charge in [-0.2, -0.15) is 0 Å². The Hall–Kier alpha value is -2.93. The molecule has 0 aromatic heterocycles. The number of nitrogens with zero attached hydrogens (tertiary/aromatic N) is 1. The molecule has 0 heterocycles. The lowest BCUT2D eigenvalue weighted by Gasteiger charge is -2.13. The van der Waals surface area contributed by atoms with Gasteiger partial charge in [-0.3, -0.25) is 4.79 Å². The highest BCUT2D eigenvalue weighted by molar-refractivity contribution is 6.32. The number of oxime groups is 1. The van der Waals surface area contributed by atoms with E-state index >= 15 is 0 Å². The van der Waals surface area contributed by atoms with Gasteiger partial charge in [0.2, 0.25) is 0 Å². The first kappa shape index (κ1) is 18.4. The highest BCUT2D eigenvalue weighted by Crippen LogP contribution is 2.36. The SMILES string of the molecule is COc1ccc(NC(=O)COc2c(Cl)cc(C=NO)cc2OC)cc1. The van der Waals surface area contributed by atoms with Gasteiger partial charge in [0.05, 0.1) is 25.5 Å². The topological polar surface area (TPSA) is 89.4 Å². The molecule has 1 amide bonds. The predicted molar refractivity (Wildman–Crippen MR) is 94.5 cm³/mol. The van der Waals surface area contributed by atoms with E-state index in [1.807, 2.05) is 0 Å². The molecule has 0 saturated carbocycles. The Morgan fingerprint density at radius 2 is 1.96 bits per heavy atom. The molecule has 2 N–H and O–H groups in total. The van der Waals surface area contributed by atoms with E-state index < -0.39 is 0 Å². The third-order valence-corrected chi connectivity index (χ3v) is 3.46. The molecule has 0 aliphatic carbocycles. The van der Waals surface area contributed by atoms with E-state index in [1.165, 1.54) is 19.4 Å². The lowest BCUT2D eigenvalue weighted by molar-refractivity contribution is -0.118. The molecular weight excluding hydrogens is 348 g/mol. The average molecular weight is 365 g/mol. The van der Waals surface area contributed by atoms with Crippen LogP contribution in [0.1, 0.15) is 5.56 Å². The van der Waals surface area contributed by atoms with Gasteiger partial charge >= 0.3 is 0 Å². The maximum atomic E-state index is 12.0. The van der Waals surface area contributed by atoms with Crippen LogP contribution >= 0.6 is 11.6 Å². The molecule has 0 radical (unpaired) electrons. The molecule has 0 atom stereocenters. The first-order valence-corrected chi connectivity index (χ1v) is 7.57. The molecule has 0 aliphatic rings. The van der Waals surface area contributed by atoms with Crippen LogP contribution in [0.25, 0.3) is 0 Å². The van der Waals surface area contributed by atoms with E-state index in [2.05, 4.69) is 10.5 Å². The second kappa shape index (κ2) is 8.79. The van der Waals surface area contributed by atoms with E-state index in [0.717, 1.165) is 0 Å². The van der Waals surface area contributed by atoms with Crippen molar-refractivity contribution in [1.82, 2.24) is 0 Å². The number of amides is 1. The molecule has 0 bridgehead atoms. The van der Waals surface area contributed by atoms with Gasteiger partial charge in [-0.15, -0.1) is 0 Å². The molecule has 2 rings (SSSR count). The normalized spacial score (nSPS) is 10.5. The van der Waals surface area contributed by atoms with Crippen molar-refractivity contribution in [3.05, 3.63) is 47.0 Å². The number of halogens is 1. The number of ether oxygens (including phenoxy) is 3. The van der Waals surface area contributed by atoms with Crippen LogP contribution in [0.2, 0.25) is 5.02 Å². The van der Waals surface area contributed by atoms with Crippen LogP contribution in [-0.2, 0) is 4.79 Å². The quantitative estimate of drug-likeness (QED) is 0.447. The van der Waals surface area contributed by atoms with E-state index in [9.17, 15) is 4.79 Å². The zero-order valence-electron chi connectivity index (χ0n) is 13.7. The molecule has 0 unspecified atom stereocenters.